The van der Waals surface area contributed by atoms with Crippen LogP contribution < -0.4 is 9.64 Å². The predicted molar refractivity (Wildman–Crippen MR) is 80.3 cm³/mol. The van der Waals surface area contributed by atoms with Crippen LogP contribution in [-0.4, -0.2) is 58.4 Å². The number of aromatic nitrogens is 5. The molecule has 0 unspecified atom stereocenters. The third kappa shape index (κ3) is 2.71. The number of ether oxygens (including phenoxy) is 2. The van der Waals surface area contributed by atoms with Gasteiger partial charge in [0.25, 0.3) is 0 Å². The first-order valence-electron chi connectivity index (χ1n) is 6.83. The van der Waals surface area contributed by atoms with E-state index in [0.717, 1.165) is 5.69 Å². The molecule has 0 aromatic carbocycles. The standard InChI is InChI=1S/C13H17ClN6O2/c1-19-6-10(17-18-19)8-5-20(7-11(8)21-2)12-9(14)4-15-13(16-12)22-3/h4,6,8,11H,5,7H2,1-3H3/t8-,11+/m0/s1. The second-order valence-electron chi connectivity index (χ2n) is 5.13. The van der Waals surface area contributed by atoms with Gasteiger partial charge < -0.3 is 14.4 Å². The van der Waals surface area contributed by atoms with Crippen LogP contribution in [0, 0.1) is 0 Å². The molecule has 0 amide bonds. The Bertz CT molecular complexity index is 664. The molecule has 0 N–H and O–H groups in total. The minimum Gasteiger partial charge on any atom is -0.467 e. The fraction of sp³-hybridized carbons (Fsp3) is 0.538. The van der Waals surface area contributed by atoms with Crippen LogP contribution in [0.25, 0.3) is 0 Å². The van der Waals surface area contributed by atoms with Crippen molar-refractivity contribution in [3.8, 4) is 6.01 Å². The van der Waals surface area contributed by atoms with Crippen molar-refractivity contribution in [2.24, 2.45) is 7.05 Å². The quantitative estimate of drug-likeness (QED) is 0.826. The van der Waals surface area contributed by atoms with Crippen LogP contribution >= 0.6 is 11.6 Å². The fourth-order valence-corrected chi connectivity index (χ4v) is 2.88. The van der Waals surface area contributed by atoms with E-state index in [4.69, 9.17) is 21.1 Å². The largest absolute Gasteiger partial charge is 0.467 e. The minimum atomic E-state index is -0.00581. The second-order valence-corrected chi connectivity index (χ2v) is 5.54. The molecule has 2 aromatic rings. The molecule has 1 aliphatic heterocycles. The summed E-state index contributed by atoms with van der Waals surface area (Å²) in [7, 11) is 5.06. The summed E-state index contributed by atoms with van der Waals surface area (Å²) in [6.45, 7) is 1.36. The van der Waals surface area contributed by atoms with Crippen molar-refractivity contribution in [1.29, 1.82) is 0 Å². The lowest BCUT2D eigenvalue weighted by atomic mass is 10.0. The van der Waals surface area contributed by atoms with Crippen LogP contribution in [0.5, 0.6) is 6.01 Å². The monoisotopic (exact) mass is 324 g/mol. The van der Waals surface area contributed by atoms with E-state index in [9.17, 15) is 0 Å². The number of methoxy groups -OCH3 is 2. The van der Waals surface area contributed by atoms with Gasteiger partial charge in [-0.15, -0.1) is 5.10 Å². The Morgan fingerprint density at radius 2 is 2.14 bits per heavy atom. The van der Waals surface area contributed by atoms with Crippen LogP contribution in [0.4, 0.5) is 5.82 Å². The number of hydrogen-bond acceptors (Lipinski definition) is 7. The van der Waals surface area contributed by atoms with Crippen molar-refractivity contribution in [2.75, 3.05) is 32.2 Å². The third-order valence-electron chi connectivity index (χ3n) is 3.75. The first kappa shape index (κ1) is 15.0. The molecular formula is C13H17ClN6O2. The Kier molecular flexibility index (Phi) is 4.12. The fourth-order valence-electron chi connectivity index (χ4n) is 2.67. The smallest absolute Gasteiger partial charge is 0.318 e. The van der Waals surface area contributed by atoms with Gasteiger partial charge >= 0.3 is 6.01 Å². The van der Waals surface area contributed by atoms with Gasteiger partial charge in [0.15, 0.2) is 5.82 Å². The summed E-state index contributed by atoms with van der Waals surface area (Å²) in [5.74, 6) is 0.748. The molecule has 9 heteroatoms. The zero-order valence-corrected chi connectivity index (χ0v) is 13.4. The van der Waals surface area contributed by atoms with Crippen molar-refractivity contribution in [2.45, 2.75) is 12.0 Å². The summed E-state index contributed by atoms with van der Waals surface area (Å²) >= 11 is 6.23. The van der Waals surface area contributed by atoms with Gasteiger partial charge in [-0.1, -0.05) is 16.8 Å². The number of hydrogen-bond donors (Lipinski definition) is 0. The number of nitrogens with zero attached hydrogens (tertiary/aromatic N) is 6. The zero-order chi connectivity index (χ0) is 15.7. The van der Waals surface area contributed by atoms with Crippen molar-refractivity contribution >= 4 is 17.4 Å². The number of halogens is 1. The van der Waals surface area contributed by atoms with Gasteiger partial charge in [0.1, 0.15) is 5.02 Å². The Balaban J connectivity index is 1.88. The van der Waals surface area contributed by atoms with E-state index in [-0.39, 0.29) is 18.0 Å². The first-order valence-corrected chi connectivity index (χ1v) is 7.20. The number of aryl methyl sites for hydroxylation is 1. The summed E-state index contributed by atoms with van der Waals surface area (Å²) in [5.41, 5.74) is 0.897. The Morgan fingerprint density at radius 1 is 1.32 bits per heavy atom. The normalized spacial score (nSPS) is 21.4. The first-order chi connectivity index (χ1) is 10.6. The van der Waals surface area contributed by atoms with Crippen LogP contribution in [0.15, 0.2) is 12.4 Å². The SMILES string of the molecule is COc1ncc(Cl)c(N2C[C@@H](OC)[C@H](c3cn(C)nn3)C2)n1. The van der Waals surface area contributed by atoms with E-state index in [2.05, 4.69) is 25.2 Å². The molecule has 3 rings (SSSR count). The molecule has 0 radical (unpaired) electrons. The average molecular weight is 325 g/mol. The van der Waals surface area contributed by atoms with E-state index in [1.807, 2.05) is 13.2 Å². The lowest BCUT2D eigenvalue weighted by Crippen LogP contribution is -2.23. The summed E-state index contributed by atoms with van der Waals surface area (Å²) in [6.07, 6.45) is 3.44. The molecule has 0 saturated carbocycles. The Labute approximate surface area is 133 Å². The van der Waals surface area contributed by atoms with Gasteiger partial charge in [-0.05, 0) is 0 Å². The number of anilines is 1. The van der Waals surface area contributed by atoms with Crippen LogP contribution in [0.1, 0.15) is 11.6 Å². The maximum absolute atomic E-state index is 6.23. The summed E-state index contributed by atoms with van der Waals surface area (Å²) in [4.78, 5) is 10.4. The highest BCUT2D eigenvalue weighted by atomic mass is 35.5. The molecule has 0 aliphatic carbocycles. The van der Waals surface area contributed by atoms with Gasteiger partial charge in [0.05, 0.1) is 31.0 Å². The highest BCUT2D eigenvalue weighted by Gasteiger charge is 2.37. The second kappa shape index (κ2) is 6.05. The van der Waals surface area contributed by atoms with E-state index in [1.54, 1.807) is 18.0 Å². The molecule has 8 nitrogen and oxygen atoms in total. The maximum Gasteiger partial charge on any atom is 0.318 e. The van der Waals surface area contributed by atoms with E-state index in [1.165, 1.54) is 7.11 Å². The molecule has 1 saturated heterocycles. The summed E-state index contributed by atoms with van der Waals surface area (Å²) in [6, 6.07) is 0.288. The topological polar surface area (TPSA) is 78.2 Å². The minimum absolute atomic E-state index is 0.00581. The van der Waals surface area contributed by atoms with Crippen LogP contribution in [-0.2, 0) is 11.8 Å². The van der Waals surface area contributed by atoms with Crippen LogP contribution in [0.3, 0.4) is 0 Å². The van der Waals surface area contributed by atoms with Gasteiger partial charge in [-0.25, -0.2) is 4.98 Å². The maximum atomic E-state index is 6.23. The number of rotatable bonds is 4. The van der Waals surface area contributed by atoms with Gasteiger partial charge in [-0.2, -0.15) is 4.98 Å². The highest BCUT2D eigenvalue weighted by Crippen LogP contribution is 2.34. The molecule has 22 heavy (non-hydrogen) atoms. The Hall–Kier alpha value is -1.93. The van der Waals surface area contributed by atoms with Crippen molar-refractivity contribution in [3.05, 3.63) is 23.1 Å². The van der Waals surface area contributed by atoms with Crippen LogP contribution in [0.2, 0.25) is 5.02 Å². The molecule has 0 bridgehead atoms. The lowest BCUT2D eigenvalue weighted by Gasteiger charge is -2.18. The summed E-state index contributed by atoms with van der Waals surface area (Å²) < 4.78 is 12.4. The van der Waals surface area contributed by atoms with Gasteiger partial charge in [0.2, 0.25) is 0 Å². The zero-order valence-electron chi connectivity index (χ0n) is 12.6. The van der Waals surface area contributed by atoms with Crippen molar-refractivity contribution in [3.63, 3.8) is 0 Å². The van der Waals surface area contributed by atoms with E-state index in [0.29, 0.717) is 23.9 Å². The Morgan fingerprint density at radius 3 is 2.77 bits per heavy atom. The molecule has 2 atom stereocenters. The molecule has 1 fully saturated rings. The lowest BCUT2D eigenvalue weighted by molar-refractivity contribution is 0.105. The third-order valence-corrected chi connectivity index (χ3v) is 4.02. The molecule has 118 valence electrons. The van der Waals surface area contributed by atoms with Gasteiger partial charge in [-0.3, -0.25) is 4.68 Å². The molecule has 0 spiro atoms. The molecule has 3 heterocycles. The predicted octanol–water partition coefficient (Wildman–Crippen LogP) is 0.886. The average Bonchev–Trinajstić information content (AvgIpc) is 3.13. The molecule has 1 aliphatic rings. The summed E-state index contributed by atoms with van der Waals surface area (Å²) in [5, 5.41) is 8.67. The van der Waals surface area contributed by atoms with E-state index >= 15 is 0 Å². The molecular weight excluding hydrogens is 308 g/mol. The van der Waals surface area contributed by atoms with Gasteiger partial charge in [0, 0.05) is 33.4 Å². The highest BCUT2D eigenvalue weighted by molar-refractivity contribution is 6.32. The van der Waals surface area contributed by atoms with Crippen molar-refractivity contribution < 1.29 is 9.47 Å². The molecule has 2 aromatic heterocycles. The van der Waals surface area contributed by atoms with E-state index < -0.39 is 0 Å². The van der Waals surface area contributed by atoms with Crippen molar-refractivity contribution in [1.82, 2.24) is 25.0 Å².